The molecular formula is C114H82N8O. The summed E-state index contributed by atoms with van der Waals surface area (Å²) in [5, 5.41) is 15.2. The minimum Gasteiger partial charge on any atom is -0.438 e. The van der Waals surface area contributed by atoms with Crippen LogP contribution in [-0.2, 0) is 10.8 Å². The van der Waals surface area contributed by atoms with Gasteiger partial charge in [-0.05, 0) is 287 Å². The SMILES string of the molecule is c1ccc2c(c1)-c1ccc(-n3c4ccccc4c4cc(-c5ccc6c(c5)c5ccccc5n6-c5ncc6c(n5)oc5ccccc56)ccc43)cc1C21C2CC3CC(C2)CC1C3.c1ccc2c(c1)-c1ccc(-n3c4ccccc4c4cc(-c5ccc6c(c5)c5ccccc5n6-c5ncc6ccc7ccccc7c6n5)ccc43)cc1C21C2CC3CC(C2)CC1C3. The predicted octanol–water partition coefficient (Wildman–Crippen LogP) is 28.3. The highest BCUT2D eigenvalue weighted by Gasteiger charge is 2.63. The van der Waals surface area contributed by atoms with Crippen LogP contribution in [-0.4, -0.2) is 38.2 Å². The molecule has 7 heterocycles. The Bertz CT molecular complexity index is 8350. The number of rotatable bonds is 6. The predicted molar refractivity (Wildman–Crippen MR) is 501 cm³/mol. The molecular weight excluding hydrogens is 1500 g/mol. The molecule has 15 aromatic carbocycles. The second-order valence-electron chi connectivity index (χ2n) is 37.6. The summed E-state index contributed by atoms with van der Waals surface area (Å²) < 4.78 is 15.7. The summed E-state index contributed by atoms with van der Waals surface area (Å²) in [5.74, 6) is 7.93. The van der Waals surface area contributed by atoms with Crippen molar-refractivity contribution in [2.24, 2.45) is 47.3 Å². The summed E-state index contributed by atoms with van der Waals surface area (Å²) >= 11 is 0. The molecule has 9 heteroatoms. The molecule has 0 radical (unpaired) electrons. The lowest BCUT2D eigenvalue weighted by atomic mass is 9.43. The van der Waals surface area contributed by atoms with Gasteiger partial charge in [-0.1, -0.05) is 212 Å². The van der Waals surface area contributed by atoms with Crippen molar-refractivity contribution < 1.29 is 4.42 Å². The minimum absolute atomic E-state index is 0.134. The van der Waals surface area contributed by atoms with Crippen LogP contribution >= 0.6 is 0 Å². The number of aromatic nitrogens is 8. The van der Waals surface area contributed by atoms with Crippen LogP contribution in [0.2, 0.25) is 0 Å². The van der Waals surface area contributed by atoms with Gasteiger partial charge < -0.3 is 13.6 Å². The summed E-state index contributed by atoms with van der Waals surface area (Å²) in [7, 11) is 0. The van der Waals surface area contributed by atoms with Crippen LogP contribution in [0.1, 0.15) is 86.5 Å². The van der Waals surface area contributed by atoms with Gasteiger partial charge in [-0.2, -0.15) is 4.98 Å². The molecule has 10 aliphatic carbocycles. The lowest BCUT2D eigenvalue weighted by Crippen LogP contribution is -2.55. The molecule has 8 fully saturated rings. The van der Waals surface area contributed by atoms with Crippen molar-refractivity contribution in [3.8, 4) is 67.8 Å². The molecule has 10 aliphatic rings. The Hall–Kier alpha value is -14.0. The molecule has 0 amide bonds. The molecule has 0 aliphatic heterocycles. The number of para-hydroxylation sites is 5. The Kier molecular flexibility index (Phi) is 13.7. The van der Waals surface area contributed by atoms with Gasteiger partial charge in [0, 0.05) is 93.8 Å². The first-order valence-corrected chi connectivity index (χ1v) is 44.8. The van der Waals surface area contributed by atoms with Crippen molar-refractivity contribution in [2.75, 3.05) is 0 Å². The van der Waals surface area contributed by atoms with Crippen LogP contribution in [0.15, 0.2) is 332 Å². The molecule has 0 unspecified atom stereocenters. The minimum atomic E-state index is 0.134. The average Bonchev–Trinajstić information content (AvgIpc) is 1.52. The summed E-state index contributed by atoms with van der Waals surface area (Å²) in [6.07, 6.45) is 17.9. The first kappa shape index (κ1) is 67.7. The number of nitrogens with zero attached hydrogens (tertiary/aromatic N) is 8. The van der Waals surface area contributed by atoms with E-state index in [1.54, 1.807) is 22.3 Å². The molecule has 0 atom stereocenters. The third-order valence-electron chi connectivity index (χ3n) is 31.9. The van der Waals surface area contributed by atoms with Gasteiger partial charge in [0.2, 0.25) is 17.6 Å². The third-order valence-corrected chi connectivity index (χ3v) is 31.9. The summed E-state index contributed by atoms with van der Waals surface area (Å²) in [4.78, 5) is 20.1. The maximum absolute atomic E-state index is 6.20. The first-order chi connectivity index (χ1) is 60.9. The first-order valence-electron chi connectivity index (χ1n) is 44.8. The monoisotopic (exact) mass is 1580 g/mol. The average molecular weight is 1580 g/mol. The standard InChI is InChI=1S/C58H42N4.C56H40N4O/c1-2-10-43-36(9-1)17-18-39-33-59-57(60-56(39)43)62-53-16-8-5-13-47(53)49-31-38(20-24-55(49)62)37-19-23-54-48(30-37)46-12-4-7-15-52(46)61(54)42-21-22-45-44-11-3-6-14-50(44)58(51(45)32-42)40-26-34-25-35(28-40)29-41(58)27-34;1-5-13-47-39(9-1)40-20-19-38(30-48(40)56(47)36-24-32-23-33(26-36)27-37(56)25-32)59-49-14-6-2-10-41(49)44-28-34(17-21-51(44)59)35-18-22-52-45(29-35)42-11-3-7-15-50(42)60(52)55-57-31-46-43-12-4-8-16-53(43)61-54(46)58-55/h1-24,30-35,40-41H,25-29H2;1-22,28-33,36-37H,23-27H2. The Balaban J connectivity index is 0.000000124. The number of furan rings is 1. The smallest absolute Gasteiger partial charge is 0.237 e. The van der Waals surface area contributed by atoms with Gasteiger partial charge in [0.25, 0.3) is 0 Å². The molecule has 32 rings (SSSR count). The second kappa shape index (κ2) is 24.9. The van der Waals surface area contributed by atoms with Gasteiger partial charge in [-0.25, -0.2) is 15.0 Å². The normalized spacial score (nSPS) is 22.4. The van der Waals surface area contributed by atoms with Crippen molar-refractivity contribution in [1.29, 1.82) is 0 Å². The fourth-order valence-corrected chi connectivity index (χ4v) is 27.6. The van der Waals surface area contributed by atoms with Gasteiger partial charge in [0.05, 0.1) is 55.0 Å². The van der Waals surface area contributed by atoms with Crippen LogP contribution in [0.25, 0.3) is 199 Å². The van der Waals surface area contributed by atoms with Crippen molar-refractivity contribution in [1.82, 2.24) is 38.2 Å². The van der Waals surface area contributed by atoms with Gasteiger partial charge in [0.1, 0.15) is 5.58 Å². The Labute approximate surface area is 709 Å². The number of hydrogen-bond acceptors (Lipinski definition) is 5. The van der Waals surface area contributed by atoms with Crippen molar-refractivity contribution in [2.45, 2.75) is 75.0 Å². The van der Waals surface area contributed by atoms with Crippen molar-refractivity contribution in [3.05, 3.63) is 350 Å². The lowest BCUT2D eigenvalue weighted by molar-refractivity contribution is -0.0399. The summed E-state index contributed by atoms with van der Waals surface area (Å²) in [6, 6.07) is 118. The quantitative estimate of drug-likeness (QED) is 0.155. The third kappa shape index (κ3) is 9.21. The van der Waals surface area contributed by atoms with Gasteiger partial charge in [-0.15, -0.1) is 0 Å². The molecule has 8 bridgehead atoms. The number of fused-ring (bicyclic) bond motifs is 24. The van der Waals surface area contributed by atoms with Gasteiger partial charge >= 0.3 is 0 Å². The molecule has 8 saturated carbocycles. The van der Waals surface area contributed by atoms with E-state index in [2.05, 4.69) is 316 Å². The van der Waals surface area contributed by atoms with Gasteiger partial charge in [-0.3, -0.25) is 9.13 Å². The van der Waals surface area contributed by atoms with E-state index in [-0.39, 0.29) is 10.8 Å². The second-order valence-corrected chi connectivity index (χ2v) is 37.6. The molecule has 22 aromatic rings. The van der Waals surface area contributed by atoms with Crippen LogP contribution < -0.4 is 0 Å². The molecule has 0 saturated heterocycles. The Morgan fingerprint density at radius 1 is 0.252 bits per heavy atom. The Morgan fingerprint density at radius 2 is 0.610 bits per heavy atom. The van der Waals surface area contributed by atoms with E-state index >= 15 is 0 Å². The molecule has 0 N–H and O–H groups in total. The van der Waals surface area contributed by atoms with Gasteiger partial charge in [0.15, 0.2) is 0 Å². The number of benzene rings is 15. The van der Waals surface area contributed by atoms with E-state index in [0.717, 1.165) is 102 Å². The summed E-state index contributed by atoms with van der Waals surface area (Å²) in [6.45, 7) is 0. The topological polar surface area (TPSA) is 84.4 Å². The van der Waals surface area contributed by atoms with Crippen LogP contribution in [0.3, 0.4) is 0 Å². The molecule has 584 valence electrons. The van der Waals surface area contributed by atoms with Crippen LogP contribution in [0.5, 0.6) is 0 Å². The molecule has 2 spiro atoms. The largest absolute Gasteiger partial charge is 0.438 e. The maximum Gasteiger partial charge on any atom is 0.237 e. The molecule has 123 heavy (non-hydrogen) atoms. The van der Waals surface area contributed by atoms with Crippen LogP contribution in [0.4, 0.5) is 0 Å². The van der Waals surface area contributed by atoms with E-state index in [4.69, 9.17) is 24.4 Å². The highest BCUT2D eigenvalue weighted by atomic mass is 16.3. The zero-order valence-electron chi connectivity index (χ0n) is 67.9. The highest BCUT2D eigenvalue weighted by molar-refractivity contribution is 6.16. The van der Waals surface area contributed by atoms with E-state index in [1.807, 2.05) is 30.6 Å². The fourth-order valence-electron chi connectivity index (χ4n) is 27.6. The van der Waals surface area contributed by atoms with Crippen molar-refractivity contribution in [3.63, 3.8) is 0 Å². The van der Waals surface area contributed by atoms with E-state index in [1.165, 1.54) is 191 Å². The van der Waals surface area contributed by atoms with E-state index in [0.29, 0.717) is 17.6 Å². The highest BCUT2D eigenvalue weighted by Crippen LogP contribution is 2.72. The van der Waals surface area contributed by atoms with Crippen LogP contribution in [0, 0.1) is 47.3 Å². The lowest BCUT2D eigenvalue weighted by Gasteiger charge is -2.61. The Morgan fingerprint density at radius 3 is 1.08 bits per heavy atom. The van der Waals surface area contributed by atoms with Crippen molar-refractivity contribution >= 4 is 131 Å². The number of hydrogen-bond donors (Lipinski definition) is 0. The zero-order chi connectivity index (χ0) is 79.8. The van der Waals surface area contributed by atoms with E-state index < -0.39 is 0 Å². The molecule has 9 nitrogen and oxygen atoms in total. The molecule has 7 aromatic heterocycles. The fraction of sp³-hybridized carbons (Fsp3) is 0.175. The maximum atomic E-state index is 6.20. The summed E-state index contributed by atoms with van der Waals surface area (Å²) in [5.41, 5.74) is 31.7. The van der Waals surface area contributed by atoms with E-state index in [9.17, 15) is 0 Å². The zero-order valence-corrected chi connectivity index (χ0v) is 67.9.